The lowest BCUT2D eigenvalue weighted by atomic mass is 9.73. The standard InChI is InChI=1S/C21H26N2O3.C20H22N2O4.C20H21NO3.C19H24N2O4S.C19H20N2O3.C18H19N3O3/c1-14-11-16-6-7-18-21(16,17(12-14)20(24)26-18)25-13-15-5-4-8-22-19(15)23-9-2-3-10-23;1-11-7-12-3-6-17-20(12,14(8-11)19(23)26-17)25-10-18-21-15-5-4-13(24-2)9-16(15)22-18;1-12-8-14-6-7-18-20(14,16(9-12)19(22)24-18)23-11-15-10-13-4-2-3-5-17(13)21-15;1-12-8-13-2-3-16-19(13,15(9-12)17(22)25-16)24-11-14-10-20-18(26-14)21-4-6-23-7-5-21;1-11-8-12-6-7-16-19(12,13(9-11)18(22)24-16)23-10-17-20-14-4-2-3-5-15(14)21-17;1-10-7-11-4-5-14-18(11,12(8-10)17(22)24-14)23-9-15-20-13-3-2-6-19-16(13)21-15/h4-5,8,12,14,16,18H,2-3,6-7,9-11,13H2,1H3;4-5,8-9,11-12,17H,3,6-7,10H2,1-2H3,(H,21,22);2-5,9-10,12,14,18,21H,6-8,11H2,1H3;9-10,12-13,16H,2-8,11H2,1H3;2-5,9,11-12,16H,6-8,10H2,1H3,(H,20,21);2-3,6,8,10-11,14H,4-5,7,9H2,1H3,(H,19,20,21)/t14-,16?,18+,21-;11-,12?,17+,20-;12-,14?,18+,20-;12-,13?,16+,19-;11-,12?,16+,19-;10-,11?,14+,18-/m000000/s1. The van der Waals surface area contributed by atoms with E-state index in [0.29, 0.717) is 116 Å². The average Bonchev–Trinajstić information content (AvgIpc) is 1.58. The first kappa shape index (κ1) is 98.6. The van der Waals surface area contributed by atoms with Gasteiger partial charge in [-0.15, -0.1) is 0 Å². The molecule has 32 nitrogen and oxygen atoms in total. The van der Waals surface area contributed by atoms with E-state index in [1.807, 2.05) is 97.3 Å². The summed E-state index contributed by atoms with van der Waals surface area (Å²) in [6.07, 6.45) is 37.6. The monoisotopic (exact) mass is 2060 g/mol. The van der Waals surface area contributed by atoms with Gasteiger partial charge in [0, 0.05) is 67.6 Å². The van der Waals surface area contributed by atoms with E-state index in [1.165, 1.54) is 18.2 Å². The number of nitrogens with zero attached hydrogens (tertiary/aromatic N) is 8. The molecular formula is C117H132N12O20S. The summed E-state index contributed by atoms with van der Waals surface area (Å²) in [6.45, 7) is 20.9. The van der Waals surface area contributed by atoms with Crippen LogP contribution >= 0.6 is 11.3 Å². The van der Waals surface area contributed by atoms with Crippen molar-refractivity contribution in [2.75, 3.05) is 56.3 Å². The normalized spacial score (nSPS) is 34.5. The van der Waals surface area contributed by atoms with Crippen LogP contribution in [0, 0.1) is 71.0 Å². The summed E-state index contributed by atoms with van der Waals surface area (Å²) < 4.78 is 83.4. The smallest absolute Gasteiger partial charge is 0.337 e. The molecule has 33 heteroatoms. The topological polar surface area (TPSA) is 379 Å². The van der Waals surface area contributed by atoms with E-state index in [-0.39, 0.29) is 72.4 Å². The molecule has 0 bridgehead atoms. The van der Waals surface area contributed by atoms with Crippen LogP contribution in [0.25, 0.3) is 44.1 Å². The van der Waals surface area contributed by atoms with Gasteiger partial charge in [0.1, 0.15) is 119 Å². The number of esters is 6. The molecule has 10 aromatic rings. The summed E-state index contributed by atoms with van der Waals surface area (Å²) in [5, 5.41) is 2.21. The number of rotatable bonds is 21. The third-order valence-electron chi connectivity index (χ3n) is 36.1. The molecule has 6 saturated carbocycles. The molecule has 7 aromatic heterocycles. The molecule has 8 aliphatic heterocycles. The van der Waals surface area contributed by atoms with Crippen LogP contribution in [0.2, 0.25) is 0 Å². The van der Waals surface area contributed by atoms with E-state index in [9.17, 15) is 28.8 Å². The fourth-order valence-corrected chi connectivity index (χ4v) is 30.6. The molecule has 12 aliphatic carbocycles. The lowest BCUT2D eigenvalue weighted by Gasteiger charge is -2.38. The largest absolute Gasteiger partial charge is 0.497 e. The number of imidazole rings is 3. The SMILES string of the molecule is COc1ccc2nc(CO[C@]34C5=C[C@@H](C)CC3CC[C@H]4OC5=O)[nH]c2c1.C[C@@H]1C=C2C(=O)O[C@@H]3CCC(C1)[C@]23OCc1cc2ccccc2[nH]1.C[C@@H]1C=C2C(=O)O[C@@H]3CCC(C1)[C@]23OCc1cccnc1N1CCCC1.C[C@@H]1C=C2C(=O)O[C@@H]3CCC(C1)[C@]23OCc1cnc(N2CCOCC2)s1.C[C@@H]1C=C2C(=O)O[C@@H]3CCC(C1)[C@]23OCc1nc2ccccc2[nH]1.C[C@@H]1C=C2C(=O)O[C@@H]3CCC(C1)[C@]23OCc1nc2ncccc2[nH]1. The number of thiazole rings is 1. The quantitative estimate of drug-likeness (QED) is 0.0383. The van der Waals surface area contributed by atoms with Crippen LogP contribution in [0.3, 0.4) is 0 Å². The van der Waals surface area contributed by atoms with Crippen molar-refractivity contribution in [2.24, 2.45) is 71.0 Å². The highest BCUT2D eigenvalue weighted by molar-refractivity contribution is 7.15. The predicted octanol–water partition coefficient (Wildman–Crippen LogP) is 18.3. The predicted molar refractivity (Wildman–Crippen MR) is 554 cm³/mol. The molecule has 3 aromatic carbocycles. The third kappa shape index (κ3) is 17.1. The van der Waals surface area contributed by atoms with Crippen molar-refractivity contribution in [1.82, 2.24) is 49.8 Å². The van der Waals surface area contributed by atoms with Crippen LogP contribution in [0.5, 0.6) is 5.75 Å². The molecule has 0 radical (unpaired) electrons. The Balaban J connectivity index is 0.0000000932. The zero-order valence-electron chi connectivity index (χ0n) is 86.1. The number of anilines is 2. The molecule has 4 N–H and O–H groups in total. The number of pyridine rings is 2. The van der Waals surface area contributed by atoms with Crippen molar-refractivity contribution >= 4 is 102 Å². The Morgan fingerprint density at radius 3 is 1.20 bits per heavy atom. The lowest BCUT2D eigenvalue weighted by Crippen LogP contribution is -2.46. The van der Waals surface area contributed by atoms with Crippen molar-refractivity contribution in [1.29, 1.82) is 0 Å². The molecule has 6 unspecified atom stereocenters. The number of nitrogens with one attached hydrogen (secondary N) is 4. The molecule has 15 heterocycles. The number of carbonyl (C=O) groups excluding carboxylic acids is 6. The number of fused-ring (bicyclic) bond motifs is 4. The average molecular weight is 2060 g/mol. The zero-order valence-corrected chi connectivity index (χ0v) is 86.9. The molecule has 0 amide bonds. The van der Waals surface area contributed by atoms with Gasteiger partial charge in [-0.1, -0.05) is 126 Å². The molecule has 8 saturated heterocycles. The molecule has 150 heavy (non-hydrogen) atoms. The number of allylic oxidation sites excluding steroid dienone is 6. The second-order valence-electron chi connectivity index (χ2n) is 45.4. The summed E-state index contributed by atoms with van der Waals surface area (Å²) in [6, 6.07) is 31.9. The van der Waals surface area contributed by atoms with Crippen molar-refractivity contribution in [3.05, 3.63) is 219 Å². The highest BCUT2D eigenvalue weighted by Gasteiger charge is 2.70. The number of methoxy groups -OCH3 is 1. The Morgan fingerprint density at radius 1 is 0.367 bits per heavy atom. The number of H-pyrrole nitrogens is 4. The second kappa shape index (κ2) is 39.5. The number of hydrogen-bond acceptors (Lipinski definition) is 29. The third-order valence-corrected chi connectivity index (χ3v) is 37.1. The van der Waals surface area contributed by atoms with Gasteiger partial charge in [0.05, 0.1) is 106 Å². The van der Waals surface area contributed by atoms with Gasteiger partial charge < -0.3 is 96.1 Å². The lowest BCUT2D eigenvalue weighted by molar-refractivity contribution is -0.143. The van der Waals surface area contributed by atoms with Crippen LogP contribution in [0.4, 0.5) is 10.9 Å². The minimum absolute atomic E-state index is 0.113. The summed E-state index contributed by atoms with van der Waals surface area (Å²) in [5.74, 6) is 7.54. The van der Waals surface area contributed by atoms with Crippen LogP contribution < -0.4 is 14.5 Å². The number of carbonyl (C=O) groups is 6. The Hall–Kier alpha value is -12.1. The summed E-state index contributed by atoms with van der Waals surface area (Å²) >= 11 is 1.67. The molecule has 20 aliphatic rings. The van der Waals surface area contributed by atoms with Crippen LogP contribution in [0.15, 0.2) is 186 Å². The number of aromatic amines is 4. The van der Waals surface area contributed by atoms with Crippen molar-refractivity contribution in [3.8, 4) is 5.75 Å². The molecule has 24 atom stereocenters. The highest BCUT2D eigenvalue weighted by Crippen LogP contribution is 2.63. The number of benzene rings is 3. The fraction of sp³-hybridized carbons (Fsp3) is 0.538. The molecule has 14 fully saturated rings. The number of morpholine rings is 1. The maximum atomic E-state index is 12.4. The highest BCUT2D eigenvalue weighted by atomic mass is 32.1. The van der Waals surface area contributed by atoms with Crippen molar-refractivity contribution in [2.45, 2.75) is 280 Å². The first-order valence-corrected chi connectivity index (χ1v) is 55.5. The summed E-state index contributed by atoms with van der Waals surface area (Å²) in [4.78, 5) is 120. The van der Waals surface area contributed by atoms with Gasteiger partial charge in [-0.25, -0.2) is 58.7 Å². The Bertz CT molecular complexity index is 6680. The van der Waals surface area contributed by atoms with E-state index in [1.54, 1.807) is 24.6 Å². The number of para-hydroxylation sites is 3. The second-order valence-corrected chi connectivity index (χ2v) is 46.4. The van der Waals surface area contributed by atoms with Gasteiger partial charge in [0.15, 0.2) is 10.8 Å². The van der Waals surface area contributed by atoms with Crippen LogP contribution in [0.1, 0.15) is 204 Å². The molecule has 786 valence electrons. The van der Waals surface area contributed by atoms with E-state index in [4.69, 9.17) is 66.3 Å². The van der Waals surface area contributed by atoms with E-state index in [0.717, 1.165) is 272 Å². The number of ether oxygens (including phenoxy) is 14. The summed E-state index contributed by atoms with van der Waals surface area (Å²) in [5.41, 5.74) is 9.71. The van der Waals surface area contributed by atoms with Gasteiger partial charge >= 0.3 is 35.8 Å². The fourth-order valence-electron chi connectivity index (χ4n) is 29.8. The Kier molecular flexibility index (Phi) is 26.0. The minimum atomic E-state index is -0.597. The van der Waals surface area contributed by atoms with Crippen LogP contribution in [-0.2, 0) is 130 Å². The minimum Gasteiger partial charge on any atom is -0.497 e. The maximum absolute atomic E-state index is 12.4. The molecular weight excluding hydrogens is 1930 g/mol. The van der Waals surface area contributed by atoms with E-state index >= 15 is 0 Å². The van der Waals surface area contributed by atoms with E-state index in [2.05, 4.69) is 150 Å². The van der Waals surface area contributed by atoms with Gasteiger partial charge in [0.2, 0.25) is 0 Å². The van der Waals surface area contributed by atoms with Crippen LogP contribution in [-0.4, -0.2) is 202 Å². The van der Waals surface area contributed by atoms with Gasteiger partial charge in [-0.05, 0) is 259 Å². The van der Waals surface area contributed by atoms with E-state index < -0.39 is 33.6 Å². The zero-order chi connectivity index (χ0) is 102. The molecule has 0 spiro atoms. The number of hydrogen-bond donors (Lipinski definition) is 4. The maximum Gasteiger partial charge on any atom is 0.337 e. The Morgan fingerprint density at radius 2 is 0.753 bits per heavy atom. The van der Waals surface area contributed by atoms with Gasteiger partial charge in [-0.3, -0.25) is 0 Å². The van der Waals surface area contributed by atoms with Crippen molar-refractivity contribution in [3.63, 3.8) is 0 Å². The molecule has 30 rings (SSSR count). The summed E-state index contributed by atoms with van der Waals surface area (Å²) in [7, 11) is 1.64. The van der Waals surface area contributed by atoms with Crippen molar-refractivity contribution < 1.29 is 95.1 Å². The first-order valence-electron chi connectivity index (χ1n) is 54.7. The Labute approximate surface area is 874 Å². The van der Waals surface area contributed by atoms with Gasteiger partial charge in [-0.2, -0.15) is 0 Å². The van der Waals surface area contributed by atoms with Gasteiger partial charge in [0.25, 0.3) is 0 Å². The first-order chi connectivity index (χ1) is 72.9. The number of aromatic nitrogens is 10.